The Labute approximate surface area is 426 Å². The number of carbonyl (C=O) groups is 6. The second kappa shape index (κ2) is 27.7. The predicted molar refractivity (Wildman–Crippen MR) is 280 cm³/mol. The van der Waals surface area contributed by atoms with E-state index in [-0.39, 0.29) is 91.6 Å². The maximum atomic E-state index is 14.7. The summed E-state index contributed by atoms with van der Waals surface area (Å²) in [5, 5.41) is 15.1. The van der Waals surface area contributed by atoms with E-state index in [0.29, 0.717) is 51.4 Å². The number of carbonyl (C=O) groups excluding carboxylic acids is 6. The average molecular weight is 999 g/mol. The zero-order valence-electron chi connectivity index (χ0n) is 41.4. The van der Waals surface area contributed by atoms with Gasteiger partial charge in [-0.1, -0.05) is 142 Å². The summed E-state index contributed by atoms with van der Waals surface area (Å²) >= 11 is 0. The number of rotatable bonds is 22. The maximum Gasteiger partial charge on any atom is 0.246 e. The topological polar surface area (TPSA) is 169 Å². The van der Waals surface area contributed by atoms with E-state index in [9.17, 15) is 28.8 Å². The molecule has 0 fully saturated rings. The van der Waals surface area contributed by atoms with Crippen molar-refractivity contribution in [3.8, 4) is 0 Å². The molecule has 2 aliphatic rings. The Balaban J connectivity index is 0.00000533. The smallest absolute Gasteiger partial charge is 0.246 e. The van der Waals surface area contributed by atoms with E-state index in [2.05, 4.69) is 26.6 Å². The summed E-state index contributed by atoms with van der Waals surface area (Å²) in [4.78, 5) is 87.8. The van der Waals surface area contributed by atoms with Crippen LogP contribution in [-0.2, 0) is 54.7 Å². The van der Waals surface area contributed by atoms with Gasteiger partial charge in [0.2, 0.25) is 29.5 Å². The van der Waals surface area contributed by atoms with Gasteiger partial charge in [0.05, 0.1) is 24.2 Å². The van der Waals surface area contributed by atoms with Crippen molar-refractivity contribution in [1.82, 2.24) is 36.4 Å². The number of hydrogen-bond donors (Lipinski definition) is 5. The summed E-state index contributed by atoms with van der Waals surface area (Å²) in [6.07, 6.45) is 4.25. The molecule has 5 N–H and O–H groups in total. The number of likely N-dealkylation sites (N-methyl/N-ethyl adjacent to an activating group) is 2. The van der Waals surface area contributed by atoms with Gasteiger partial charge < -0.3 is 36.4 Å². The quantitative estimate of drug-likeness (QED) is 0.0530. The minimum Gasteiger partial charge on any atom is -0.348 e. The van der Waals surface area contributed by atoms with Gasteiger partial charge >= 0.3 is 0 Å². The first-order valence-corrected chi connectivity index (χ1v) is 24.4. The van der Waals surface area contributed by atoms with Crippen LogP contribution in [0.15, 0.2) is 109 Å². The van der Waals surface area contributed by atoms with Gasteiger partial charge in [-0.15, -0.1) is 24.8 Å². The van der Waals surface area contributed by atoms with Crippen molar-refractivity contribution < 1.29 is 28.8 Å². The van der Waals surface area contributed by atoms with Crippen molar-refractivity contribution in [2.75, 3.05) is 14.1 Å². The van der Waals surface area contributed by atoms with Crippen molar-refractivity contribution in [2.45, 2.75) is 147 Å². The molecule has 70 heavy (non-hydrogen) atoms. The molecule has 4 aromatic carbocycles. The molecule has 0 saturated heterocycles. The van der Waals surface area contributed by atoms with Gasteiger partial charge in [-0.3, -0.25) is 28.8 Å². The highest BCUT2D eigenvalue weighted by molar-refractivity contribution is 5.95. The Morgan fingerprint density at radius 3 is 1.37 bits per heavy atom. The molecule has 378 valence electrons. The third-order valence-electron chi connectivity index (χ3n) is 13.9. The molecule has 0 radical (unpaired) electrons. The lowest BCUT2D eigenvalue weighted by atomic mass is 9.86. The fourth-order valence-electron chi connectivity index (χ4n) is 9.32. The summed E-state index contributed by atoms with van der Waals surface area (Å²) in [6.45, 7) is 7.92. The Kier molecular flexibility index (Phi) is 22.6. The standard InChI is InChI=1S/C55H71N7O6.2ClH/c1-36(40-21-11-9-12-22-40)31-50(63)48-32-42-25-17-19-27-44(42)34-61(48)54(67)46(59-51(64)38(3)56-5)29-15-7-8-16-30-47(60-52(65)39(4)57-6)55(68)62-35-45-28-20-18-26-43(45)33-49(62)53(66)58-37(2)41-23-13-10-14-24-41;;/h9-14,17-28,36-39,46-49,56-57H,7-8,15-16,29-35H2,1-6H3,(H,58,66)(H,59,64)(H,60,65);2*1H/t36-,37+,38-,39-,46-,47-,48-,49-;;/m0../s1. The number of hydrogen-bond acceptors (Lipinski definition) is 8. The van der Waals surface area contributed by atoms with E-state index >= 15 is 0 Å². The Bertz CT molecular complexity index is 2190. The van der Waals surface area contributed by atoms with E-state index in [1.165, 1.54) is 0 Å². The van der Waals surface area contributed by atoms with Crippen molar-refractivity contribution in [3.05, 3.63) is 143 Å². The molecule has 2 heterocycles. The maximum absolute atomic E-state index is 14.7. The molecule has 6 rings (SSSR count). The van der Waals surface area contributed by atoms with Crippen molar-refractivity contribution in [2.24, 2.45) is 0 Å². The van der Waals surface area contributed by atoms with Crippen molar-refractivity contribution in [3.63, 3.8) is 0 Å². The summed E-state index contributed by atoms with van der Waals surface area (Å²) in [5.41, 5.74) is 6.00. The van der Waals surface area contributed by atoms with E-state index in [1.54, 1.807) is 37.7 Å². The molecule has 4 aromatic rings. The Morgan fingerprint density at radius 2 is 0.914 bits per heavy atom. The number of fused-ring (bicyclic) bond motifs is 2. The number of ketones is 1. The molecule has 15 heteroatoms. The number of unbranched alkanes of at least 4 members (excludes halogenated alkanes) is 3. The second-order valence-electron chi connectivity index (χ2n) is 18.7. The number of amides is 5. The highest BCUT2D eigenvalue weighted by Crippen LogP contribution is 2.30. The predicted octanol–water partition coefficient (Wildman–Crippen LogP) is 6.90. The number of nitrogens with one attached hydrogen (secondary N) is 5. The number of nitrogens with zero attached hydrogens (tertiary/aromatic N) is 2. The SMILES string of the molecule is CN[C@@H](C)C(=O)N[C@@H](CCCCCC[C@H](NC(=O)[C@H](C)NC)C(=O)N1Cc2ccccc2C[C@H]1C(=O)N[C@H](C)c1ccccc1)C(=O)N1Cc2ccccc2C[C@H]1C(=O)C[C@H](C)c1ccccc1.Cl.Cl. The molecular weight excluding hydrogens is 926 g/mol. The van der Waals surface area contributed by atoms with Crippen LogP contribution in [0.2, 0.25) is 0 Å². The molecule has 0 aromatic heterocycles. The van der Waals surface area contributed by atoms with Crippen LogP contribution in [0, 0.1) is 0 Å². The summed E-state index contributed by atoms with van der Waals surface area (Å²) in [6, 6.07) is 30.7. The Morgan fingerprint density at radius 1 is 0.514 bits per heavy atom. The fraction of sp³-hybridized carbons (Fsp3) is 0.455. The minimum atomic E-state index is -0.886. The summed E-state index contributed by atoms with van der Waals surface area (Å²) in [7, 11) is 3.38. The average Bonchev–Trinajstić information content (AvgIpc) is 3.37. The third kappa shape index (κ3) is 15.0. The van der Waals surface area contributed by atoms with Gasteiger partial charge in [0.15, 0.2) is 5.78 Å². The molecule has 2 aliphatic heterocycles. The minimum absolute atomic E-state index is 0. The molecule has 5 amide bonds. The molecule has 0 aliphatic carbocycles. The lowest BCUT2D eigenvalue weighted by Gasteiger charge is -2.39. The highest BCUT2D eigenvalue weighted by Gasteiger charge is 2.40. The molecule has 0 saturated carbocycles. The highest BCUT2D eigenvalue weighted by atomic mass is 35.5. The van der Waals surface area contributed by atoms with Gasteiger partial charge in [-0.2, -0.15) is 0 Å². The van der Waals surface area contributed by atoms with Gasteiger partial charge in [-0.25, -0.2) is 0 Å². The van der Waals surface area contributed by atoms with Crippen molar-refractivity contribution in [1.29, 1.82) is 0 Å². The van der Waals surface area contributed by atoms with Crippen LogP contribution in [0.25, 0.3) is 0 Å². The molecule has 0 bridgehead atoms. The summed E-state index contributed by atoms with van der Waals surface area (Å²) < 4.78 is 0. The van der Waals surface area contributed by atoms with Gasteiger partial charge in [-0.05, 0) is 87.0 Å². The van der Waals surface area contributed by atoms with E-state index in [0.717, 1.165) is 33.4 Å². The number of benzene rings is 4. The molecule has 0 spiro atoms. The van der Waals surface area contributed by atoms with Gasteiger partial charge in [0.1, 0.15) is 18.1 Å². The lowest BCUT2D eigenvalue weighted by molar-refractivity contribution is -0.145. The van der Waals surface area contributed by atoms with Crippen LogP contribution < -0.4 is 26.6 Å². The fourth-order valence-corrected chi connectivity index (χ4v) is 9.32. The second-order valence-corrected chi connectivity index (χ2v) is 18.7. The largest absolute Gasteiger partial charge is 0.348 e. The first-order valence-electron chi connectivity index (χ1n) is 24.4. The van der Waals surface area contributed by atoms with Crippen LogP contribution in [0.1, 0.15) is 118 Å². The van der Waals surface area contributed by atoms with E-state index in [1.807, 2.05) is 123 Å². The zero-order valence-corrected chi connectivity index (χ0v) is 43.1. The monoisotopic (exact) mass is 997 g/mol. The van der Waals surface area contributed by atoms with Crippen LogP contribution in [0.4, 0.5) is 0 Å². The van der Waals surface area contributed by atoms with Gasteiger partial charge in [0, 0.05) is 32.4 Å². The third-order valence-corrected chi connectivity index (χ3v) is 13.9. The van der Waals surface area contributed by atoms with Crippen LogP contribution >= 0.6 is 24.8 Å². The van der Waals surface area contributed by atoms with Crippen molar-refractivity contribution >= 4 is 60.1 Å². The Hall–Kier alpha value is -5.60. The number of halogens is 2. The van der Waals surface area contributed by atoms with E-state index < -0.39 is 36.3 Å². The van der Waals surface area contributed by atoms with Gasteiger partial charge in [0.25, 0.3) is 0 Å². The van der Waals surface area contributed by atoms with Crippen LogP contribution in [0.3, 0.4) is 0 Å². The lowest BCUT2D eigenvalue weighted by Crippen LogP contribution is -2.59. The summed E-state index contributed by atoms with van der Waals surface area (Å²) in [5.74, 6) is -1.54. The van der Waals surface area contributed by atoms with E-state index in [4.69, 9.17) is 0 Å². The molecule has 0 unspecified atom stereocenters. The normalized spacial score (nSPS) is 17.6. The molecule has 13 nitrogen and oxygen atoms in total. The molecular formula is C55H73Cl2N7O6. The molecule has 8 atom stereocenters. The first kappa shape index (κ1) is 57.0. The zero-order chi connectivity index (χ0) is 48.7. The number of Topliss-reactive ketones (excluding diaryl/α,β-unsaturated/α-hetero) is 1. The van der Waals surface area contributed by atoms with Crippen LogP contribution in [0.5, 0.6) is 0 Å². The van der Waals surface area contributed by atoms with Crippen LogP contribution in [-0.4, -0.2) is 95.5 Å². The first-order chi connectivity index (χ1) is 32.8.